The first-order valence-corrected chi connectivity index (χ1v) is 9.42. The predicted octanol–water partition coefficient (Wildman–Crippen LogP) is 3.62. The van der Waals surface area contributed by atoms with Gasteiger partial charge in [-0.2, -0.15) is 0 Å². The Morgan fingerprint density at radius 3 is 2.74 bits per heavy atom. The summed E-state index contributed by atoms with van der Waals surface area (Å²) in [6, 6.07) is 9.79. The number of carbonyl (C=O) groups is 1. The van der Waals surface area contributed by atoms with E-state index in [1.54, 1.807) is 7.05 Å². The molecule has 1 aromatic carbocycles. The molecule has 0 bridgehead atoms. The van der Waals surface area contributed by atoms with Crippen molar-refractivity contribution < 1.29 is 4.79 Å². The number of benzene rings is 1. The van der Waals surface area contributed by atoms with E-state index in [1.807, 2.05) is 67.0 Å². The number of nitrogens with one attached hydrogen (secondary N) is 2. The lowest BCUT2D eigenvalue weighted by atomic mass is 10.2. The largest absolute Gasteiger partial charge is 0.352 e. The highest BCUT2D eigenvalue weighted by Gasteiger charge is 2.10. The minimum Gasteiger partial charge on any atom is -0.352 e. The second-order valence-corrected chi connectivity index (χ2v) is 6.95. The van der Waals surface area contributed by atoms with E-state index in [9.17, 15) is 4.79 Å². The van der Waals surface area contributed by atoms with Gasteiger partial charge in [-0.25, -0.2) is 0 Å². The van der Waals surface area contributed by atoms with Crippen LogP contribution < -0.4 is 10.6 Å². The van der Waals surface area contributed by atoms with E-state index < -0.39 is 0 Å². The number of hydrogen-bond acceptors (Lipinski definition) is 2. The van der Waals surface area contributed by atoms with Crippen LogP contribution in [0.5, 0.6) is 0 Å². The van der Waals surface area contributed by atoms with E-state index in [-0.39, 0.29) is 5.91 Å². The summed E-state index contributed by atoms with van der Waals surface area (Å²) < 4.78 is 2.01. The Hall–Kier alpha value is -2.47. The smallest absolute Gasteiger partial charge is 0.224 e. The third-order valence-corrected chi connectivity index (χ3v) is 4.39. The van der Waals surface area contributed by atoms with Crippen molar-refractivity contribution >= 4 is 29.2 Å². The van der Waals surface area contributed by atoms with Gasteiger partial charge in [0.15, 0.2) is 5.96 Å². The molecule has 2 N–H and O–H groups in total. The van der Waals surface area contributed by atoms with Crippen molar-refractivity contribution in [2.75, 3.05) is 19.4 Å². The van der Waals surface area contributed by atoms with Crippen molar-refractivity contribution in [2.24, 2.45) is 12.0 Å². The van der Waals surface area contributed by atoms with Gasteiger partial charge in [-0.15, -0.1) is 0 Å². The Bertz CT molecular complexity index is 799. The van der Waals surface area contributed by atoms with Gasteiger partial charge in [0.05, 0.1) is 11.6 Å². The van der Waals surface area contributed by atoms with Crippen molar-refractivity contribution in [3.63, 3.8) is 0 Å². The predicted molar refractivity (Wildman–Crippen MR) is 112 cm³/mol. The molecule has 0 fully saturated rings. The molecule has 0 aliphatic rings. The third kappa shape index (κ3) is 6.32. The molecule has 1 amide bonds. The number of nitrogens with zero attached hydrogens (tertiary/aromatic N) is 3. The van der Waals surface area contributed by atoms with Gasteiger partial charge in [0.2, 0.25) is 5.91 Å². The van der Waals surface area contributed by atoms with Crippen molar-refractivity contribution in [1.29, 1.82) is 0 Å². The van der Waals surface area contributed by atoms with Crippen molar-refractivity contribution in [2.45, 2.75) is 32.9 Å². The fraction of sp³-hybridized carbons (Fsp3) is 0.400. The summed E-state index contributed by atoms with van der Waals surface area (Å²) in [7, 11) is 5.72. The third-order valence-electron chi connectivity index (χ3n) is 4.19. The summed E-state index contributed by atoms with van der Waals surface area (Å²) in [5, 5.41) is 7.01. The number of halogens is 1. The van der Waals surface area contributed by atoms with Crippen molar-refractivity contribution in [3.05, 3.63) is 52.8 Å². The Kier molecular flexibility index (Phi) is 7.73. The monoisotopic (exact) mass is 389 g/mol. The molecule has 1 heterocycles. The van der Waals surface area contributed by atoms with Crippen LogP contribution in [-0.2, 0) is 24.9 Å². The van der Waals surface area contributed by atoms with E-state index in [0.717, 1.165) is 34.3 Å². The lowest BCUT2D eigenvalue weighted by molar-refractivity contribution is -0.116. The average Bonchev–Trinajstić information content (AvgIpc) is 2.93. The van der Waals surface area contributed by atoms with Crippen LogP contribution in [0.4, 0.5) is 5.69 Å². The van der Waals surface area contributed by atoms with Gasteiger partial charge in [-0.3, -0.25) is 9.79 Å². The number of rotatable bonds is 7. The van der Waals surface area contributed by atoms with Gasteiger partial charge < -0.3 is 20.1 Å². The molecule has 0 atom stereocenters. The standard InChI is InChI=1S/C20H28ClN5O/c1-5-7-19(27)24-17-9-6-8-15(10-17)12-23-20(22-2)26(4)14-18-11-16(21)13-25(18)3/h6,8-11,13H,5,7,12,14H2,1-4H3,(H,22,23)(H,24,27). The van der Waals surface area contributed by atoms with Gasteiger partial charge in [0.1, 0.15) is 0 Å². The second kappa shape index (κ2) is 10.0. The molecule has 1 aromatic heterocycles. The fourth-order valence-corrected chi connectivity index (χ4v) is 3.09. The number of amides is 1. The van der Waals surface area contributed by atoms with Crippen LogP contribution in [0.1, 0.15) is 31.0 Å². The first kappa shape index (κ1) is 20.8. The number of aliphatic imine (C=N–C) groups is 1. The van der Waals surface area contributed by atoms with Crippen molar-refractivity contribution in [3.8, 4) is 0 Å². The number of anilines is 1. The highest BCUT2D eigenvalue weighted by Crippen LogP contribution is 2.15. The zero-order valence-electron chi connectivity index (χ0n) is 16.4. The highest BCUT2D eigenvalue weighted by atomic mass is 35.5. The van der Waals surface area contributed by atoms with Gasteiger partial charge in [0, 0.05) is 51.7 Å². The van der Waals surface area contributed by atoms with Crippen LogP contribution in [0.25, 0.3) is 0 Å². The molecular formula is C20H28ClN5O. The molecule has 27 heavy (non-hydrogen) atoms. The molecule has 0 unspecified atom stereocenters. The molecule has 6 nitrogen and oxygen atoms in total. The zero-order valence-corrected chi connectivity index (χ0v) is 17.2. The lowest BCUT2D eigenvalue weighted by Gasteiger charge is -2.22. The Labute approximate surface area is 166 Å². The topological polar surface area (TPSA) is 61.7 Å². The molecule has 0 aliphatic heterocycles. The van der Waals surface area contributed by atoms with Crippen LogP contribution in [-0.4, -0.2) is 35.4 Å². The van der Waals surface area contributed by atoms with Crippen LogP contribution >= 0.6 is 11.6 Å². The molecular weight excluding hydrogens is 362 g/mol. The molecule has 0 spiro atoms. The van der Waals surface area contributed by atoms with Gasteiger partial charge in [-0.1, -0.05) is 30.7 Å². The Morgan fingerprint density at radius 1 is 1.33 bits per heavy atom. The molecule has 0 saturated carbocycles. The maximum Gasteiger partial charge on any atom is 0.224 e. The number of aromatic nitrogens is 1. The summed E-state index contributed by atoms with van der Waals surface area (Å²) in [5.41, 5.74) is 2.99. The summed E-state index contributed by atoms with van der Waals surface area (Å²) in [5.74, 6) is 0.826. The van der Waals surface area contributed by atoms with E-state index in [0.29, 0.717) is 19.5 Å². The normalized spacial score (nSPS) is 11.4. The van der Waals surface area contributed by atoms with E-state index in [4.69, 9.17) is 11.6 Å². The van der Waals surface area contributed by atoms with E-state index in [1.165, 1.54) is 0 Å². The SMILES string of the molecule is CCCC(=O)Nc1cccc(CNC(=NC)N(C)Cc2cc(Cl)cn2C)c1. The Balaban J connectivity index is 1.95. The molecule has 7 heteroatoms. The Morgan fingerprint density at radius 2 is 2.11 bits per heavy atom. The molecule has 0 radical (unpaired) electrons. The summed E-state index contributed by atoms with van der Waals surface area (Å²) in [6.45, 7) is 3.30. The molecule has 146 valence electrons. The van der Waals surface area contributed by atoms with Gasteiger partial charge in [0.25, 0.3) is 0 Å². The van der Waals surface area contributed by atoms with Crippen LogP contribution in [0, 0.1) is 0 Å². The van der Waals surface area contributed by atoms with Crippen molar-refractivity contribution in [1.82, 2.24) is 14.8 Å². The number of aryl methyl sites for hydroxylation is 1. The summed E-state index contributed by atoms with van der Waals surface area (Å²) >= 11 is 6.06. The molecule has 0 saturated heterocycles. The van der Waals surface area contributed by atoms with Crippen LogP contribution in [0.3, 0.4) is 0 Å². The molecule has 0 aliphatic carbocycles. The van der Waals surface area contributed by atoms with E-state index in [2.05, 4.69) is 15.6 Å². The summed E-state index contributed by atoms with van der Waals surface area (Å²) in [6.07, 6.45) is 3.25. The second-order valence-electron chi connectivity index (χ2n) is 6.52. The quantitative estimate of drug-likeness (QED) is 0.561. The fourth-order valence-electron chi connectivity index (χ4n) is 2.82. The number of guanidine groups is 1. The van der Waals surface area contributed by atoms with Gasteiger partial charge >= 0.3 is 0 Å². The van der Waals surface area contributed by atoms with E-state index >= 15 is 0 Å². The zero-order chi connectivity index (χ0) is 19.8. The van der Waals surface area contributed by atoms with Gasteiger partial charge in [-0.05, 0) is 30.2 Å². The maximum atomic E-state index is 11.8. The number of carbonyl (C=O) groups excluding carboxylic acids is 1. The first-order valence-electron chi connectivity index (χ1n) is 9.04. The van der Waals surface area contributed by atoms with Crippen LogP contribution in [0.15, 0.2) is 41.5 Å². The molecule has 2 rings (SSSR count). The highest BCUT2D eigenvalue weighted by molar-refractivity contribution is 6.30. The average molecular weight is 390 g/mol. The number of hydrogen-bond donors (Lipinski definition) is 2. The first-order chi connectivity index (χ1) is 12.9. The van der Waals surface area contributed by atoms with Crippen LogP contribution in [0.2, 0.25) is 5.02 Å². The maximum absolute atomic E-state index is 11.8. The summed E-state index contributed by atoms with van der Waals surface area (Å²) in [4.78, 5) is 18.2. The lowest BCUT2D eigenvalue weighted by Crippen LogP contribution is -2.38. The molecule has 2 aromatic rings. The minimum absolute atomic E-state index is 0.0411. The minimum atomic E-state index is 0.0411.